The van der Waals surface area contributed by atoms with E-state index in [1.165, 1.54) is 10.9 Å². The van der Waals surface area contributed by atoms with E-state index in [1.807, 2.05) is 56.3 Å². The van der Waals surface area contributed by atoms with Gasteiger partial charge in [-0.3, -0.25) is 9.98 Å². The maximum absolute atomic E-state index is 4.89. The molecule has 4 aromatic rings. The number of benzene rings is 3. The summed E-state index contributed by atoms with van der Waals surface area (Å²) in [6.45, 7) is 10.7. The van der Waals surface area contributed by atoms with E-state index in [9.17, 15) is 0 Å². The van der Waals surface area contributed by atoms with E-state index in [0.29, 0.717) is 0 Å². The Morgan fingerprint density at radius 3 is 1.91 bits per heavy atom. The number of aliphatic imine (C=N–C) groups is 2. The SMILES string of the molecule is CC(=Nc1ccc(C(C)(C)C)cc1)c1cccc(C(C)=Nc2cccc3ccccc23)n1.[Fe]. The summed E-state index contributed by atoms with van der Waals surface area (Å²) in [5.41, 5.74) is 6.80. The van der Waals surface area contributed by atoms with Crippen molar-refractivity contribution in [1.29, 1.82) is 0 Å². The molecular weight excluding hydrogens is 446 g/mol. The fourth-order valence-electron chi connectivity index (χ4n) is 3.67. The zero-order valence-electron chi connectivity index (χ0n) is 19.8. The van der Waals surface area contributed by atoms with Crippen LogP contribution in [0.5, 0.6) is 0 Å². The van der Waals surface area contributed by atoms with Crippen LogP contribution in [0.4, 0.5) is 11.4 Å². The molecule has 0 saturated heterocycles. The third kappa shape index (κ3) is 5.84. The molecule has 0 amide bonds. The molecule has 3 nitrogen and oxygen atoms in total. The number of hydrogen-bond acceptors (Lipinski definition) is 3. The maximum atomic E-state index is 4.89. The molecule has 0 spiro atoms. The van der Waals surface area contributed by atoms with Crippen LogP contribution in [0.15, 0.2) is 94.9 Å². The summed E-state index contributed by atoms with van der Waals surface area (Å²) in [4.78, 5) is 14.5. The van der Waals surface area contributed by atoms with Gasteiger partial charge < -0.3 is 0 Å². The Morgan fingerprint density at radius 1 is 0.667 bits per heavy atom. The predicted octanol–water partition coefficient (Wildman–Crippen LogP) is 7.81. The number of pyridine rings is 1. The number of hydrogen-bond donors (Lipinski definition) is 0. The predicted molar refractivity (Wildman–Crippen MR) is 137 cm³/mol. The molecule has 0 unspecified atom stereocenters. The summed E-state index contributed by atoms with van der Waals surface area (Å²) < 4.78 is 0. The second kappa shape index (κ2) is 10.2. The molecule has 33 heavy (non-hydrogen) atoms. The summed E-state index contributed by atoms with van der Waals surface area (Å²) >= 11 is 0. The normalized spacial score (nSPS) is 12.5. The van der Waals surface area contributed by atoms with Gasteiger partial charge in [0.2, 0.25) is 0 Å². The van der Waals surface area contributed by atoms with Crippen molar-refractivity contribution in [3.63, 3.8) is 0 Å². The first-order chi connectivity index (χ1) is 15.3. The molecule has 0 saturated carbocycles. The summed E-state index contributed by atoms with van der Waals surface area (Å²) in [7, 11) is 0. The van der Waals surface area contributed by atoms with Crippen LogP contribution in [0, 0.1) is 0 Å². The molecule has 0 aliphatic carbocycles. The fourth-order valence-corrected chi connectivity index (χ4v) is 3.67. The average molecular weight is 475 g/mol. The molecule has 0 radical (unpaired) electrons. The van der Waals surface area contributed by atoms with Crippen LogP contribution in [0.3, 0.4) is 0 Å². The molecule has 1 aromatic heterocycles. The molecule has 0 atom stereocenters. The van der Waals surface area contributed by atoms with Gasteiger partial charge >= 0.3 is 0 Å². The molecular formula is C29H29FeN3. The van der Waals surface area contributed by atoms with Gasteiger partial charge in [-0.25, -0.2) is 4.98 Å². The standard InChI is InChI=1S/C29H29N3.Fe/c1-20(30-24-18-16-23(17-19-24)29(3,4)5)26-13-9-14-27(32-26)21(2)31-28-15-8-11-22-10-6-7-12-25(22)28;/h6-19H,1-5H3;. The van der Waals surface area contributed by atoms with Gasteiger partial charge in [-0.1, -0.05) is 75.4 Å². The van der Waals surface area contributed by atoms with E-state index in [-0.39, 0.29) is 22.5 Å². The Kier molecular flexibility index (Phi) is 7.63. The van der Waals surface area contributed by atoms with Gasteiger partial charge in [0.05, 0.1) is 34.2 Å². The summed E-state index contributed by atoms with van der Waals surface area (Å²) in [6, 6.07) is 29.0. The molecule has 0 aliphatic heterocycles. The molecule has 168 valence electrons. The van der Waals surface area contributed by atoms with Crippen molar-refractivity contribution < 1.29 is 17.1 Å². The molecule has 0 aliphatic rings. The number of aromatic nitrogens is 1. The maximum Gasteiger partial charge on any atom is 0.0849 e. The van der Waals surface area contributed by atoms with Crippen molar-refractivity contribution >= 4 is 33.6 Å². The Hall–Kier alpha value is -3.07. The molecule has 1 heterocycles. The van der Waals surface area contributed by atoms with Gasteiger partial charge in [-0.15, -0.1) is 0 Å². The molecule has 0 bridgehead atoms. The van der Waals surface area contributed by atoms with Crippen LogP contribution in [0.25, 0.3) is 10.8 Å². The van der Waals surface area contributed by atoms with Crippen LogP contribution in [0.2, 0.25) is 0 Å². The molecule has 4 rings (SSSR count). The minimum atomic E-state index is 0. The van der Waals surface area contributed by atoms with E-state index in [1.54, 1.807) is 0 Å². The molecule has 0 fully saturated rings. The van der Waals surface area contributed by atoms with Crippen molar-refractivity contribution in [2.24, 2.45) is 9.98 Å². The second-order valence-corrected chi connectivity index (χ2v) is 9.10. The first kappa shape index (κ1) is 24.6. The minimum Gasteiger partial charge on any atom is -0.252 e. The van der Waals surface area contributed by atoms with E-state index in [2.05, 4.69) is 63.2 Å². The number of rotatable bonds is 4. The van der Waals surface area contributed by atoms with Gasteiger partial charge in [0.15, 0.2) is 0 Å². The summed E-state index contributed by atoms with van der Waals surface area (Å²) in [5, 5.41) is 2.32. The largest absolute Gasteiger partial charge is 0.252 e. The first-order valence-corrected chi connectivity index (χ1v) is 11.0. The van der Waals surface area contributed by atoms with Crippen molar-refractivity contribution in [1.82, 2.24) is 4.98 Å². The van der Waals surface area contributed by atoms with E-state index >= 15 is 0 Å². The third-order valence-corrected chi connectivity index (χ3v) is 5.58. The van der Waals surface area contributed by atoms with Crippen LogP contribution >= 0.6 is 0 Å². The summed E-state index contributed by atoms with van der Waals surface area (Å²) in [6.07, 6.45) is 0. The molecule has 0 N–H and O–H groups in total. The Labute approximate surface area is 207 Å². The van der Waals surface area contributed by atoms with Gasteiger partial charge in [0.1, 0.15) is 0 Å². The van der Waals surface area contributed by atoms with E-state index < -0.39 is 0 Å². The van der Waals surface area contributed by atoms with E-state index in [0.717, 1.165) is 39.6 Å². The average Bonchev–Trinajstić information content (AvgIpc) is 2.79. The minimum absolute atomic E-state index is 0. The monoisotopic (exact) mass is 475 g/mol. The quantitative estimate of drug-likeness (QED) is 0.219. The topological polar surface area (TPSA) is 37.6 Å². The van der Waals surface area contributed by atoms with Gasteiger partial charge in [0, 0.05) is 22.5 Å². The van der Waals surface area contributed by atoms with Gasteiger partial charge in [0.25, 0.3) is 0 Å². The third-order valence-electron chi connectivity index (χ3n) is 5.58. The molecule has 3 aromatic carbocycles. The smallest absolute Gasteiger partial charge is 0.0849 e. The zero-order valence-corrected chi connectivity index (χ0v) is 20.9. The number of nitrogens with zero attached hydrogens (tertiary/aromatic N) is 3. The van der Waals surface area contributed by atoms with E-state index in [4.69, 9.17) is 15.0 Å². The van der Waals surface area contributed by atoms with Crippen LogP contribution in [0.1, 0.15) is 51.6 Å². The van der Waals surface area contributed by atoms with Crippen molar-refractivity contribution in [2.45, 2.75) is 40.0 Å². The first-order valence-electron chi connectivity index (χ1n) is 11.0. The second-order valence-electron chi connectivity index (χ2n) is 9.10. The van der Waals surface area contributed by atoms with Crippen LogP contribution in [-0.4, -0.2) is 16.4 Å². The van der Waals surface area contributed by atoms with Gasteiger partial charge in [-0.05, 0) is 60.5 Å². The Bertz CT molecular complexity index is 1310. The van der Waals surface area contributed by atoms with Crippen LogP contribution < -0.4 is 0 Å². The molecule has 4 heteroatoms. The van der Waals surface area contributed by atoms with Crippen molar-refractivity contribution in [3.05, 3.63) is 102 Å². The number of fused-ring (bicyclic) bond motifs is 1. The Morgan fingerprint density at radius 2 is 1.24 bits per heavy atom. The Balaban J connectivity index is 0.00000306. The fraction of sp³-hybridized carbons (Fsp3) is 0.207. The van der Waals surface area contributed by atoms with Crippen LogP contribution in [-0.2, 0) is 22.5 Å². The van der Waals surface area contributed by atoms with Gasteiger partial charge in [-0.2, -0.15) is 0 Å². The summed E-state index contributed by atoms with van der Waals surface area (Å²) in [5.74, 6) is 0. The van der Waals surface area contributed by atoms with Crippen molar-refractivity contribution in [2.75, 3.05) is 0 Å². The van der Waals surface area contributed by atoms with Crippen molar-refractivity contribution in [3.8, 4) is 0 Å². The zero-order chi connectivity index (χ0) is 22.7.